The van der Waals surface area contributed by atoms with Crippen LogP contribution < -0.4 is 5.73 Å². The average molecular weight is 268 g/mol. The van der Waals surface area contributed by atoms with Crippen LogP contribution in [0.2, 0.25) is 0 Å². The molecule has 3 N–H and O–H groups in total. The molecule has 0 atom stereocenters. The highest BCUT2D eigenvalue weighted by atomic mass is 14.9. The molecule has 0 saturated heterocycles. The molecule has 104 valence electrons. The number of aromatic amines is 1. The molecular weight excluding hydrogens is 248 g/mol. The molecule has 0 bridgehead atoms. The van der Waals surface area contributed by atoms with Gasteiger partial charge in [-0.1, -0.05) is 27.2 Å². The predicted octanol–water partition coefficient (Wildman–Crippen LogP) is 3.61. The van der Waals surface area contributed by atoms with E-state index in [1.807, 2.05) is 18.3 Å². The number of anilines is 1. The molecule has 0 aromatic carbocycles. The van der Waals surface area contributed by atoms with Crippen molar-refractivity contribution in [2.75, 3.05) is 5.73 Å². The van der Waals surface area contributed by atoms with Gasteiger partial charge in [-0.2, -0.15) is 5.26 Å². The maximum atomic E-state index is 9.44. The van der Waals surface area contributed by atoms with Gasteiger partial charge in [0.2, 0.25) is 0 Å². The summed E-state index contributed by atoms with van der Waals surface area (Å²) >= 11 is 0. The molecular formula is C16H20N4. The molecule has 2 aromatic rings. The van der Waals surface area contributed by atoms with Crippen molar-refractivity contribution in [1.82, 2.24) is 9.97 Å². The monoisotopic (exact) mass is 268 g/mol. The van der Waals surface area contributed by atoms with E-state index in [0.717, 1.165) is 35.4 Å². The number of pyridine rings is 1. The predicted molar refractivity (Wildman–Crippen MR) is 81.2 cm³/mol. The molecule has 0 saturated carbocycles. The Morgan fingerprint density at radius 2 is 2.20 bits per heavy atom. The van der Waals surface area contributed by atoms with Crippen LogP contribution in [0, 0.1) is 11.3 Å². The summed E-state index contributed by atoms with van der Waals surface area (Å²) in [5, 5.41) is 9.44. The van der Waals surface area contributed by atoms with Crippen LogP contribution in [0.1, 0.15) is 49.9 Å². The number of nitriles is 1. The average Bonchev–Trinajstić information content (AvgIpc) is 2.93. The molecule has 0 aliphatic rings. The van der Waals surface area contributed by atoms with Gasteiger partial charge in [-0.15, -0.1) is 0 Å². The van der Waals surface area contributed by atoms with E-state index < -0.39 is 0 Å². The lowest BCUT2D eigenvalue weighted by Crippen LogP contribution is -2.09. The number of aromatic nitrogens is 2. The molecule has 0 aliphatic carbocycles. The number of nitrogens with zero attached hydrogens (tertiary/aromatic N) is 2. The van der Waals surface area contributed by atoms with Gasteiger partial charge >= 0.3 is 0 Å². The van der Waals surface area contributed by atoms with Gasteiger partial charge in [0.05, 0.1) is 0 Å². The van der Waals surface area contributed by atoms with Crippen LogP contribution in [0.15, 0.2) is 18.3 Å². The first-order valence-electron chi connectivity index (χ1n) is 6.96. The third kappa shape index (κ3) is 2.39. The highest BCUT2D eigenvalue weighted by Crippen LogP contribution is 2.34. The van der Waals surface area contributed by atoms with Crippen molar-refractivity contribution >= 4 is 5.82 Å². The van der Waals surface area contributed by atoms with Crippen molar-refractivity contribution in [2.45, 2.75) is 39.5 Å². The Morgan fingerprint density at radius 1 is 1.45 bits per heavy atom. The highest BCUT2D eigenvalue weighted by molar-refractivity contribution is 5.77. The zero-order valence-electron chi connectivity index (χ0n) is 12.2. The number of nitrogens with one attached hydrogen (secondary N) is 1. The van der Waals surface area contributed by atoms with Crippen LogP contribution in [-0.2, 0) is 6.42 Å². The minimum Gasteiger partial charge on any atom is -0.383 e. The molecule has 0 radical (unpaired) electrons. The minimum absolute atomic E-state index is 0.278. The van der Waals surface area contributed by atoms with Gasteiger partial charge in [0.25, 0.3) is 0 Å². The van der Waals surface area contributed by atoms with E-state index in [-0.39, 0.29) is 5.92 Å². The normalized spacial score (nSPS) is 10.8. The van der Waals surface area contributed by atoms with Crippen LogP contribution in [0.4, 0.5) is 5.82 Å². The van der Waals surface area contributed by atoms with Gasteiger partial charge in [0, 0.05) is 23.1 Å². The van der Waals surface area contributed by atoms with E-state index in [4.69, 9.17) is 5.73 Å². The summed E-state index contributed by atoms with van der Waals surface area (Å²) in [6, 6.07) is 6.11. The first kappa shape index (κ1) is 14.1. The van der Waals surface area contributed by atoms with Gasteiger partial charge < -0.3 is 10.7 Å². The Labute approximate surface area is 119 Å². The van der Waals surface area contributed by atoms with Crippen molar-refractivity contribution in [3.05, 3.63) is 35.2 Å². The standard InChI is InChI=1S/C16H20N4/c1-4-6-11-14(13-7-5-8-19-13)12(9-17)16(18)20-15(11)10(2)3/h5,7-8,10,19H,4,6H2,1-3H3,(H2,18,20). The Hall–Kier alpha value is -2.28. The van der Waals surface area contributed by atoms with Crippen LogP contribution in [-0.4, -0.2) is 9.97 Å². The van der Waals surface area contributed by atoms with E-state index in [9.17, 15) is 5.26 Å². The Morgan fingerprint density at radius 3 is 2.70 bits per heavy atom. The number of hydrogen-bond acceptors (Lipinski definition) is 3. The molecule has 20 heavy (non-hydrogen) atoms. The number of nitrogens with two attached hydrogens (primary N) is 1. The smallest absolute Gasteiger partial charge is 0.142 e. The molecule has 2 heterocycles. The summed E-state index contributed by atoms with van der Waals surface area (Å²) in [5.74, 6) is 0.598. The molecule has 0 unspecified atom stereocenters. The first-order valence-corrected chi connectivity index (χ1v) is 6.96. The van der Waals surface area contributed by atoms with E-state index in [1.165, 1.54) is 0 Å². The van der Waals surface area contributed by atoms with Crippen molar-refractivity contribution in [3.63, 3.8) is 0 Å². The number of hydrogen-bond donors (Lipinski definition) is 2. The lowest BCUT2D eigenvalue weighted by atomic mass is 9.91. The van der Waals surface area contributed by atoms with Crippen LogP contribution >= 0.6 is 0 Å². The van der Waals surface area contributed by atoms with Gasteiger partial charge in [-0.25, -0.2) is 4.98 Å². The summed E-state index contributed by atoms with van der Waals surface area (Å²) in [4.78, 5) is 7.66. The van der Waals surface area contributed by atoms with Gasteiger partial charge in [-0.05, 0) is 30.0 Å². The lowest BCUT2D eigenvalue weighted by Gasteiger charge is -2.18. The fraction of sp³-hybridized carbons (Fsp3) is 0.375. The first-order chi connectivity index (χ1) is 9.60. The summed E-state index contributed by atoms with van der Waals surface area (Å²) in [6.45, 7) is 6.34. The summed E-state index contributed by atoms with van der Waals surface area (Å²) in [7, 11) is 0. The maximum absolute atomic E-state index is 9.44. The van der Waals surface area contributed by atoms with Crippen molar-refractivity contribution in [2.24, 2.45) is 0 Å². The van der Waals surface area contributed by atoms with Crippen LogP contribution in [0.3, 0.4) is 0 Å². The third-order valence-corrected chi connectivity index (χ3v) is 3.38. The molecule has 2 aromatic heterocycles. The second kappa shape index (κ2) is 5.79. The van der Waals surface area contributed by atoms with Gasteiger partial charge in [-0.3, -0.25) is 0 Å². The fourth-order valence-corrected chi connectivity index (χ4v) is 2.54. The SMILES string of the molecule is CCCc1c(C(C)C)nc(N)c(C#N)c1-c1ccc[nH]1. The fourth-order valence-electron chi connectivity index (χ4n) is 2.54. The summed E-state index contributed by atoms with van der Waals surface area (Å²) < 4.78 is 0. The topological polar surface area (TPSA) is 78.5 Å². The van der Waals surface area contributed by atoms with Crippen LogP contribution in [0.25, 0.3) is 11.3 Å². The Balaban J connectivity index is 2.82. The lowest BCUT2D eigenvalue weighted by molar-refractivity contribution is 0.785. The summed E-state index contributed by atoms with van der Waals surface area (Å²) in [5.41, 5.74) is 10.4. The molecule has 0 fully saturated rings. The van der Waals surface area contributed by atoms with Gasteiger partial charge in [0.15, 0.2) is 0 Å². The zero-order chi connectivity index (χ0) is 14.7. The largest absolute Gasteiger partial charge is 0.383 e. The van der Waals surface area contributed by atoms with Crippen molar-refractivity contribution < 1.29 is 0 Å². The molecule has 0 amide bonds. The van der Waals surface area contributed by atoms with Crippen molar-refractivity contribution in [3.8, 4) is 17.3 Å². The second-order valence-corrected chi connectivity index (χ2v) is 5.21. The number of nitrogen functional groups attached to an aromatic ring is 1. The third-order valence-electron chi connectivity index (χ3n) is 3.38. The van der Waals surface area contributed by atoms with Crippen molar-refractivity contribution in [1.29, 1.82) is 5.26 Å². The Bertz CT molecular complexity index is 633. The number of H-pyrrole nitrogens is 1. The quantitative estimate of drug-likeness (QED) is 0.889. The molecule has 4 heteroatoms. The molecule has 0 aliphatic heterocycles. The Kier molecular flexibility index (Phi) is 4.09. The summed E-state index contributed by atoms with van der Waals surface area (Å²) in [6.07, 6.45) is 3.76. The van der Waals surface area contributed by atoms with Gasteiger partial charge in [0.1, 0.15) is 17.5 Å². The minimum atomic E-state index is 0.278. The van der Waals surface area contributed by atoms with E-state index in [2.05, 4.69) is 36.8 Å². The number of rotatable bonds is 4. The maximum Gasteiger partial charge on any atom is 0.142 e. The molecule has 0 spiro atoms. The zero-order valence-corrected chi connectivity index (χ0v) is 12.2. The van der Waals surface area contributed by atoms with E-state index >= 15 is 0 Å². The van der Waals surface area contributed by atoms with Crippen LogP contribution in [0.5, 0.6) is 0 Å². The molecule has 2 rings (SSSR count). The van der Waals surface area contributed by atoms with E-state index in [0.29, 0.717) is 11.4 Å². The van der Waals surface area contributed by atoms with E-state index in [1.54, 1.807) is 0 Å². The highest BCUT2D eigenvalue weighted by Gasteiger charge is 2.21. The second-order valence-electron chi connectivity index (χ2n) is 5.21. The molecule has 4 nitrogen and oxygen atoms in total.